The molecule has 1 unspecified atom stereocenters. The Labute approximate surface area is 121 Å². The molecule has 2 saturated carbocycles. The molecule has 0 aromatic carbocycles. The lowest BCUT2D eigenvalue weighted by Gasteiger charge is -2.30. The molecule has 2 aliphatic rings. The minimum absolute atomic E-state index is 0.662. The zero-order valence-corrected chi connectivity index (χ0v) is 12.8. The Balaban J connectivity index is 1.50. The van der Waals surface area contributed by atoms with Crippen molar-refractivity contribution in [3.05, 3.63) is 22.4 Å². The molecule has 2 nitrogen and oxygen atoms in total. The molecule has 0 amide bonds. The molecular formula is C16H26N2S. The molecule has 1 aromatic rings. The molecule has 0 bridgehead atoms. The van der Waals surface area contributed by atoms with Gasteiger partial charge in [-0.05, 0) is 44.1 Å². The monoisotopic (exact) mass is 278 g/mol. The third kappa shape index (κ3) is 3.80. The van der Waals surface area contributed by atoms with Gasteiger partial charge in [0.15, 0.2) is 0 Å². The Bertz CT molecular complexity index is 366. The molecule has 0 aliphatic heterocycles. The Morgan fingerprint density at radius 1 is 1.32 bits per heavy atom. The van der Waals surface area contributed by atoms with E-state index in [2.05, 4.69) is 34.7 Å². The van der Waals surface area contributed by atoms with Gasteiger partial charge in [-0.25, -0.2) is 0 Å². The fourth-order valence-electron chi connectivity index (χ4n) is 3.22. The van der Waals surface area contributed by atoms with Crippen molar-refractivity contribution >= 4 is 11.3 Å². The predicted octanol–water partition coefficient (Wildman–Crippen LogP) is 3.63. The highest BCUT2D eigenvalue weighted by Crippen LogP contribution is 2.31. The van der Waals surface area contributed by atoms with Gasteiger partial charge in [-0.3, -0.25) is 4.90 Å². The summed E-state index contributed by atoms with van der Waals surface area (Å²) in [6.07, 6.45) is 8.43. The van der Waals surface area contributed by atoms with E-state index in [-0.39, 0.29) is 0 Å². The maximum atomic E-state index is 3.79. The van der Waals surface area contributed by atoms with Crippen molar-refractivity contribution in [1.29, 1.82) is 0 Å². The summed E-state index contributed by atoms with van der Waals surface area (Å²) in [6.45, 7) is 4.70. The zero-order chi connectivity index (χ0) is 13.1. The van der Waals surface area contributed by atoms with Gasteiger partial charge >= 0.3 is 0 Å². The molecule has 1 N–H and O–H groups in total. The number of hydrogen-bond acceptors (Lipinski definition) is 3. The van der Waals surface area contributed by atoms with Crippen LogP contribution in [0.1, 0.15) is 50.3 Å². The summed E-state index contributed by atoms with van der Waals surface area (Å²) in [5.74, 6) is 0. The molecule has 2 aliphatic carbocycles. The van der Waals surface area contributed by atoms with E-state index in [1.165, 1.54) is 43.4 Å². The van der Waals surface area contributed by atoms with Crippen LogP contribution >= 0.6 is 11.3 Å². The first-order valence-electron chi connectivity index (χ1n) is 7.84. The second kappa shape index (κ2) is 6.38. The summed E-state index contributed by atoms with van der Waals surface area (Å²) in [7, 11) is 0. The molecule has 0 spiro atoms. The molecule has 1 atom stereocenters. The van der Waals surface area contributed by atoms with Crippen molar-refractivity contribution in [3.63, 3.8) is 0 Å². The molecule has 3 rings (SSSR count). The lowest BCUT2D eigenvalue weighted by atomic mass is 10.2. The number of thiophene rings is 1. The maximum Gasteiger partial charge on any atom is 0.0334 e. The van der Waals surface area contributed by atoms with E-state index in [4.69, 9.17) is 0 Å². The second-order valence-corrected chi connectivity index (χ2v) is 7.25. The van der Waals surface area contributed by atoms with E-state index < -0.39 is 0 Å². The number of nitrogens with zero attached hydrogens (tertiary/aromatic N) is 1. The first-order valence-corrected chi connectivity index (χ1v) is 8.72. The van der Waals surface area contributed by atoms with E-state index in [9.17, 15) is 0 Å². The average molecular weight is 278 g/mol. The normalized spacial score (nSPS) is 22.2. The quantitative estimate of drug-likeness (QED) is 0.819. The van der Waals surface area contributed by atoms with Crippen molar-refractivity contribution in [2.45, 2.75) is 70.1 Å². The number of nitrogens with one attached hydrogen (secondary N) is 1. The number of hydrogen-bond donors (Lipinski definition) is 1. The van der Waals surface area contributed by atoms with Crippen molar-refractivity contribution < 1.29 is 0 Å². The third-order valence-electron chi connectivity index (χ3n) is 4.56. The highest BCUT2D eigenvalue weighted by atomic mass is 32.1. The van der Waals surface area contributed by atoms with Gasteiger partial charge in [-0.1, -0.05) is 18.9 Å². The van der Waals surface area contributed by atoms with Crippen LogP contribution in [0.4, 0.5) is 0 Å². The lowest BCUT2D eigenvalue weighted by Crippen LogP contribution is -2.43. The minimum atomic E-state index is 0.662. The van der Waals surface area contributed by atoms with E-state index in [0.717, 1.165) is 25.2 Å². The molecule has 1 aromatic heterocycles. The molecule has 0 radical (unpaired) electrons. The fourth-order valence-corrected chi connectivity index (χ4v) is 3.93. The van der Waals surface area contributed by atoms with Crippen LogP contribution in [-0.2, 0) is 6.54 Å². The van der Waals surface area contributed by atoms with Gasteiger partial charge in [0, 0.05) is 36.1 Å². The Morgan fingerprint density at radius 3 is 2.74 bits per heavy atom. The molecule has 1 heterocycles. The maximum absolute atomic E-state index is 3.79. The van der Waals surface area contributed by atoms with Crippen LogP contribution in [0.3, 0.4) is 0 Å². The summed E-state index contributed by atoms with van der Waals surface area (Å²) >= 11 is 1.90. The second-order valence-electron chi connectivity index (χ2n) is 6.22. The summed E-state index contributed by atoms with van der Waals surface area (Å²) in [4.78, 5) is 4.23. The summed E-state index contributed by atoms with van der Waals surface area (Å²) in [6, 6.07) is 6.76. The fraction of sp³-hybridized carbons (Fsp3) is 0.750. The van der Waals surface area contributed by atoms with Crippen LogP contribution in [0.5, 0.6) is 0 Å². The van der Waals surface area contributed by atoms with Crippen molar-refractivity contribution in [2.24, 2.45) is 0 Å². The van der Waals surface area contributed by atoms with Crippen LogP contribution in [0.2, 0.25) is 0 Å². The first-order chi connectivity index (χ1) is 9.33. The molecule has 106 valence electrons. The van der Waals surface area contributed by atoms with Crippen LogP contribution in [0.15, 0.2) is 17.5 Å². The van der Waals surface area contributed by atoms with Crippen LogP contribution in [0.25, 0.3) is 0 Å². The van der Waals surface area contributed by atoms with Crippen LogP contribution in [0, 0.1) is 0 Å². The average Bonchev–Trinajstić information content (AvgIpc) is 2.94. The van der Waals surface area contributed by atoms with Crippen LogP contribution < -0.4 is 5.32 Å². The van der Waals surface area contributed by atoms with E-state index >= 15 is 0 Å². The van der Waals surface area contributed by atoms with Gasteiger partial charge < -0.3 is 5.32 Å². The Morgan fingerprint density at radius 2 is 2.11 bits per heavy atom. The predicted molar refractivity (Wildman–Crippen MR) is 82.6 cm³/mol. The van der Waals surface area contributed by atoms with Crippen molar-refractivity contribution in [2.75, 3.05) is 6.54 Å². The summed E-state index contributed by atoms with van der Waals surface area (Å²) in [5.41, 5.74) is 0. The Hall–Kier alpha value is -0.380. The third-order valence-corrected chi connectivity index (χ3v) is 5.42. The lowest BCUT2D eigenvalue weighted by molar-refractivity contribution is 0.183. The first kappa shape index (κ1) is 13.6. The van der Waals surface area contributed by atoms with Crippen molar-refractivity contribution in [3.8, 4) is 0 Å². The van der Waals surface area contributed by atoms with Gasteiger partial charge in [-0.15, -0.1) is 11.3 Å². The van der Waals surface area contributed by atoms with Gasteiger partial charge in [-0.2, -0.15) is 0 Å². The largest absolute Gasteiger partial charge is 0.312 e. The zero-order valence-electron chi connectivity index (χ0n) is 12.0. The molecular weight excluding hydrogens is 252 g/mol. The van der Waals surface area contributed by atoms with Gasteiger partial charge in [0.25, 0.3) is 0 Å². The standard InChI is InChI=1S/C16H26N2S/c1-13(11-17-14-5-2-3-6-14)18(15-8-9-15)12-16-7-4-10-19-16/h4,7,10,13-15,17H,2-3,5-6,8-9,11-12H2,1H3. The summed E-state index contributed by atoms with van der Waals surface area (Å²) in [5, 5.41) is 5.98. The topological polar surface area (TPSA) is 15.3 Å². The molecule has 0 saturated heterocycles. The van der Waals surface area contributed by atoms with Crippen LogP contribution in [-0.4, -0.2) is 29.6 Å². The van der Waals surface area contributed by atoms with Gasteiger partial charge in [0.2, 0.25) is 0 Å². The molecule has 3 heteroatoms. The minimum Gasteiger partial charge on any atom is -0.312 e. The number of rotatable bonds is 7. The van der Waals surface area contributed by atoms with E-state index in [1.807, 2.05) is 11.3 Å². The smallest absolute Gasteiger partial charge is 0.0334 e. The van der Waals surface area contributed by atoms with Crippen molar-refractivity contribution in [1.82, 2.24) is 10.2 Å². The van der Waals surface area contributed by atoms with E-state index in [1.54, 1.807) is 0 Å². The van der Waals surface area contributed by atoms with E-state index in [0.29, 0.717) is 6.04 Å². The molecule has 2 fully saturated rings. The summed E-state index contributed by atoms with van der Waals surface area (Å²) < 4.78 is 0. The Kier molecular flexibility index (Phi) is 4.57. The van der Waals surface area contributed by atoms with Gasteiger partial charge in [0.05, 0.1) is 0 Å². The molecule has 19 heavy (non-hydrogen) atoms. The highest BCUT2D eigenvalue weighted by Gasteiger charge is 2.32. The van der Waals surface area contributed by atoms with Gasteiger partial charge in [0.1, 0.15) is 0 Å². The highest BCUT2D eigenvalue weighted by molar-refractivity contribution is 7.09. The SMILES string of the molecule is CC(CNC1CCCC1)N(Cc1cccs1)C1CC1.